The van der Waals surface area contributed by atoms with Gasteiger partial charge in [-0.05, 0) is 30.6 Å². The van der Waals surface area contributed by atoms with Crippen molar-refractivity contribution < 1.29 is 9.59 Å². The van der Waals surface area contributed by atoms with E-state index in [1.54, 1.807) is 4.90 Å². The molecule has 0 N–H and O–H groups in total. The SMILES string of the molecule is CC1CC(C(=O)N2CCC(=O)N(C)CC2)CC(C)(C)C1. The van der Waals surface area contributed by atoms with E-state index >= 15 is 0 Å². The van der Waals surface area contributed by atoms with Crippen molar-refractivity contribution in [3.05, 3.63) is 0 Å². The molecule has 4 heteroatoms. The lowest BCUT2D eigenvalue weighted by Crippen LogP contribution is -2.42. The van der Waals surface area contributed by atoms with Gasteiger partial charge in [-0.1, -0.05) is 20.8 Å². The number of carbonyl (C=O) groups is 2. The predicted octanol–water partition coefficient (Wildman–Crippen LogP) is 2.14. The van der Waals surface area contributed by atoms with Crippen LogP contribution in [-0.2, 0) is 9.59 Å². The first-order valence-corrected chi connectivity index (χ1v) is 7.81. The van der Waals surface area contributed by atoms with Crippen LogP contribution >= 0.6 is 0 Å². The van der Waals surface area contributed by atoms with Gasteiger partial charge in [-0.3, -0.25) is 9.59 Å². The van der Waals surface area contributed by atoms with E-state index in [1.165, 1.54) is 6.42 Å². The van der Waals surface area contributed by atoms with Crippen molar-refractivity contribution in [1.82, 2.24) is 9.80 Å². The first-order chi connectivity index (χ1) is 9.28. The lowest BCUT2D eigenvalue weighted by Gasteiger charge is -2.40. The summed E-state index contributed by atoms with van der Waals surface area (Å²) in [6, 6.07) is 0. The summed E-state index contributed by atoms with van der Waals surface area (Å²) in [5.41, 5.74) is 0.260. The molecule has 1 saturated heterocycles. The van der Waals surface area contributed by atoms with Crippen LogP contribution in [0.25, 0.3) is 0 Å². The van der Waals surface area contributed by atoms with Gasteiger partial charge in [0.15, 0.2) is 0 Å². The molecule has 2 atom stereocenters. The van der Waals surface area contributed by atoms with Crippen molar-refractivity contribution in [2.45, 2.75) is 46.5 Å². The van der Waals surface area contributed by atoms with E-state index in [9.17, 15) is 9.59 Å². The molecule has 1 aliphatic heterocycles. The summed E-state index contributed by atoms with van der Waals surface area (Å²) in [6.45, 7) is 8.72. The Morgan fingerprint density at radius 3 is 2.55 bits per heavy atom. The Balaban J connectivity index is 2.01. The maximum absolute atomic E-state index is 12.7. The Morgan fingerprint density at radius 2 is 1.90 bits per heavy atom. The molecule has 0 aromatic carbocycles. The molecule has 0 radical (unpaired) electrons. The largest absolute Gasteiger partial charge is 0.344 e. The summed E-state index contributed by atoms with van der Waals surface area (Å²) in [4.78, 5) is 28.1. The molecule has 4 nitrogen and oxygen atoms in total. The number of carbonyl (C=O) groups excluding carboxylic acids is 2. The molecule has 2 amide bonds. The summed E-state index contributed by atoms with van der Waals surface area (Å²) in [6.07, 6.45) is 3.66. The molecule has 1 saturated carbocycles. The Morgan fingerprint density at radius 1 is 1.20 bits per heavy atom. The van der Waals surface area contributed by atoms with Crippen molar-refractivity contribution in [2.24, 2.45) is 17.3 Å². The minimum absolute atomic E-state index is 0.146. The average molecular weight is 280 g/mol. The third-order valence-corrected chi connectivity index (χ3v) is 4.77. The minimum atomic E-state index is 0.146. The van der Waals surface area contributed by atoms with Crippen LogP contribution in [0, 0.1) is 17.3 Å². The topological polar surface area (TPSA) is 40.6 Å². The number of rotatable bonds is 1. The molecule has 2 fully saturated rings. The van der Waals surface area contributed by atoms with Gasteiger partial charge in [-0.15, -0.1) is 0 Å². The van der Waals surface area contributed by atoms with Crippen LogP contribution in [-0.4, -0.2) is 48.3 Å². The van der Waals surface area contributed by atoms with Gasteiger partial charge < -0.3 is 9.80 Å². The van der Waals surface area contributed by atoms with Gasteiger partial charge in [-0.2, -0.15) is 0 Å². The highest BCUT2D eigenvalue weighted by Gasteiger charge is 2.37. The van der Waals surface area contributed by atoms with Crippen molar-refractivity contribution in [3.63, 3.8) is 0 Å². The number of likely N-dealkylation sites (N-methyl/N-ethyl adjacent to an activating group) is 1. The summed E-state index contributed by atoms with van der Waals surface area (Å²) in [5, 5.41) is 0. The molecule has 0 bridgehead atoms. The molecule has 0 aromatic rings. The van der Waals surface area contributed by atoms with E-state index < -0.39 is 0 Å². The molecular formula is C16H28N2O2. The first kappa shape index (κ1) is 15.3. The third-order valence-electron chi connectivity index (χ3n) is 4.77. The highest BCUT2D eigenvalue weighted by atomic mass is 16.2. The van der Waals surface area contributed by atoms with Crippen LogP contribution < -0.4 is 0 Å². The number of amides is 2. The quantitative estimate of drug-likeness (QED) is 0.738. The Labute approximate surface area is 122 Å². The third kappa shape index (κ3) is 3.53. The smallest absolute Gasteiger partial charge is 0.225 e. The van der Waals surface area contributed by atoms with E-state index in [1.807, 2.05) is 11.9 Å². The summed E-state index contributed by atoms with van der Waals surface area (Å²) < 4.78 is 0. The fourth-order valence-corrected chi connectivity index (χ4v) is 3.94. The Hall–Kier alpha value is -1.06. The van der Waals surface area contributed by atoms with Gasteiger partial charge >= 0.3 is 0 Å². The normalized spacial score (nSPS) is 31.1. The summed E-state index contributed by atoms with van der Waals surface area (Å²) in [5.74, 6) is 1.18. The van der Waals surface area contributed by atoms with Crippen LogP contribution in [0.1, 0.15) is 46.5 Å². The average Bonchev–Trinajstić information content (AvgIpc) is 2.50. The lowest BCUT2D eigenvalue weighted by atomic mass is 9.67. The van der Waals surface area contributed by atoms with Gasteiger partial charge in [0, 0.05) is 39.0 Å². The van der Waals surface area contributed by atoms with E-state index in [2.05, 4.69) is 20.8 Å². The van der Waals surface area contributed by atoms with Crippen molar-refractivity contribution in [3.8, 4) is 0 Å². The molecule has 114 valence electrons. The van der Waals surface area contributed by atoms with Crippen LogP contribution in [0.2, 0.25) is 0 Å². The van der Waals surface area contributed by atoms with E-state index in [0.717, 1.165) is 12.8 Å². The second-order valence-corrected chi connectivity index (χ2v) is 7.50. The predicted molar refractivity (Wildman–Crippen MR) is 79.1 cm³/mol. The van der Waals surface area contributed by atoms with Crippen molar-refractivity contribution in [1.29, 1.82) is 0 Å². The molecular weight excluding hydrogens is 252 g/mol. The lowest BCUT2D eigenvalue weighted by molar-refractivity contribution is -0.138. The molecule has 0 spiro atoms. The maximum atomic E-state index is 12.7. The van der Waals surface area contributed by atoms with Gasteiger partial charge in [-0.25, -0.2) is 0 Å². The zero-order valence-corrected chi connectivity index (χ0v) is 13.3. The van der Waals surface area contributed by atoms with Crippen LogP contribution in [0.3, 0.4) is 0 Å². The summed E-state index contributed by atoms with van der Waals surface area (Å²) in [7, 11) is 1.82. The zero-order chi connectivity index (χ0) is 14.9. The monoisotopic (exact) mass is 280 g/mol. The fourth-order valence-electron chi connectivity index (χ4n) is 3.94. The van der Waals surface area contributed by atoms with Crippen LogP contribution in [0.15, 0.2) is 0 Å². The maximum Gasteiger partial charge on any atom is 0.225 e. The number of nitrogens with zero attached hydrogens (tertiary/aromatic N) is 2. The van der Waals surface area contributed by atoms with Crippen LogP contribution in [0.4, 0.5) is 0 Å². The molecule has 2 aliphatic rings. The molecule has 2 unspecified atom stereocenters. The van der Waals surface area contributed by atoms with Crippen LogP contribution in [0.5, 0.6) is 0 Å². The minimum Gasteiger partial charge on any atom is -0.344 e. The highest BCUT2D eigenvalue weighted by molar-refractivity contribution is 5.81. The Kier molecular flexibility index (Phi) is 4.40. The Bertz CT molecular complexity index is 392. The standard InChI is InChI=1S/C16H28N2O2/c1-12-9-13(11-16(2,3)10-12)15(20)18-6-5-14(19)17(4)7-8-18/h12-13H,5-11H2,1-4H3. The molecule has 1 aliphatic carbocycles. The fraction of sp³-hybridized carbons (Fsp3) is 0.875. The summed E-state index contributed by atoms with van der Waals surface area (Å²) >= 11 is 0. The second kappa shape index (κ2) is 5.74. The van der Waals surface area contributed by atoms with Gasteiger partial charge in [0.1, 0.15) is 0 Å². The molecule has 1 heterocycles. The number of hydrogen-bond acceptors (Lipinski definition) is 2. The van der Waals surface area contributed by atoms with Gasteiger partial charge in [0.05, 0.1) is 0 Å². The van der Waals surface area contributed by atoms with E-state index in [4.69, 9.17) is 0 Å². The molecule has 0 aromatic heterocycles. The first-order valence-electron chi connectivity index (χ1n) is 7.81. The number of hydrogen-bond donors (Lipinski definition) is 0. The molecule has 2 rings (SSSR count). The van der Waals surface area contributed by atoms with Gasteiger partial charge in [0.25, 0.3) is 0 Å². The second-order valence-electron chi connectivity index (χ2n) is 7.50. The zero-order valence-electron chi connectivity index (χ0n) is 13.3. The highest BCUT2D eigenvalue weighted by Crippen LogP contribution is 2.42. The van der Waals surface area contributed by atoms with E-state index in [-0.39, 0.29) is 23.1 Å². The van der Waals surface area contributed by atoms with Crippen molar-refractivity contribution in [2.75, 3.05) is 26.7 Å². The molecule has 20 heavy (non-hydrogen) atoms. The van der Waals surface area contributed by atoms with Gasteiger partial charge in [0.2, 0.25) is 11.8 Å². The van der Waals surface area contributed by atoms with Crippen molar-refractivity contribution >= 4 is 11.8 Å². The van der Waals surface area contributed by atoms with E-state index in [0.29, 0.717) is 32.0 Å².